The molecule has 22 heavy (non-hydrogen) atoms. The van der Waals surface area contributed by atoms with Crippen molar-refractivity contribution < 1.29 is 19.2 Å². The maximum atomic E-state index is 12.1. The number of carbonyl (C=O) groups excluding carboxylic acids is 1. The third-order valence-electron chi connectivity index (χ3n) is 3.17. The third kappa shape index (κ3) is 3.25. The van der Waals surface area contributed by atoms with Gasteiger partial charge < -0.3 is 14.5 Å². The third-order valence-corrected chi connectivity index (χ3v) is 3.17. The first kappa shape index (κ1) is 15.6. The Morgan fingerprint density at radius 3 is 2.55 bits per heavy atom. The van der Waals surface area contributed by atoms with Crippen molar-refractivity contribution in [2.45, 2.75) is 13.8 Å². The van der Waals surface area contributed by atoms with Crippen molar-refractivity contribution in [2.24, 2.45) is 0 Å². The zero-order valence-corrected chi connectivity index (χ0v) is 12.5. The number of benzene rings is 1. The van der Waals surface area contributed by atoms with Crippen LogP contribution in [0.15, 0.2) is 24.3 Å². The van der Waals surface area contributed by atoms with Crippen LogP contribution in [0.2, 0.25) is 0 Å². The van der Waals surface area contributed by atoms with Crippen molar-refractivity contribution in [1.82, 2.24) is 4.98 Å². The molecule has 1 aromatic heterocycles. The maximum Gasteiger partial charge on any atom is 0.273 e. The minimum absolute atomic E-state index is 0.104. The number of nitro groups is 1. The van der Waals surface area contributed by atoms with Gasteiger partial charge in [-0.05, 0) is 26.0 Å². The van der Waals surface area contributed by atoms with Crippen LogP contribution in [0.4, 0.5) is 5.69 Å². The summed E-state index contributed by atoms with van der Waals surface area (Å²) in [6.45, 7) is 3.50. The second kappa shape index (κ2) is 6.30. The first-order valence-electron chi connectivity index (χ1n) is 6.57. The number of methoxy groups -OCH3 is 1. The van der Waals surface area contributed by atoms with Gasteiger partial charge in [0.2, 0.25) is 5.78 Å². The number of nitrogens with zero attached hydrogens (tertiary/aromatic N) is 1. The summed E-state index contributed by atoms with van der Waals surface area (Å²) in [5.41, 5.74) is 2.14. The van der Waals surface area contributed by atoms with Crippen LogP contribution in [-0.2, 0) is 0 Å². The van der Waals surface area contributed by atoms with E-state index in [9.17, 15) is 14.9 Å². The van der Waals surface area contributed by atoms with Crippen molar-refractivity contribution in [3.8, 4) is 11.5 Å². The molecule has 0 saturated heterocycles. The topological polar surface area (TPSA) is 94.5 Å². The van der Waals surface area contributed by atoms with E-state index < -0.39 is 4.92 Å². The summed E-state index contributed by atoms with van der Waals surface area (Å²) < 4.78 is 10.5. The maximum absolute atomic E-state index is 12.1. The predicted octanol–water partition coefficient (Wildman–Crippen LogP) is 2.81. The van der Waals surface area contributed by atoms with E-state index in [0.29, 0.717) is 5.56 Å². The van der Waals surface area contributed by atoms with Gasteiger partial charge in [0.05, 0.1) is 18.1 Å². The fraction of sp³-hybridized carbons (Fsp3) is 0.267. The molecular weight excluding hydrogens is 288 g/mol. The molecule has 7 heteroatoms. The fourth-order valence-corrected chi connectivity index (χ4v) is 2.12. The summed E-state index contributed by atoms with van der Waals surface area (Å²) in [7, 11) is 1.38. The Balaban J connectivity index is 2.12. The summed E-state index contributed by atoms with van der Waals surface area (Å²) in [6.07, 6.45) is 0. The van der Waals surface area contributed by atoms with Crippen molar-refractivity contribution in [1.29, 1.82) is 0 Å². The molecule has 1 aromatic carbocycles. The second-order valence-corrected chi connectivity index (χ2v) is 4.80. The molecule has 0 fully saturated rings. The Morgan fingerprint density at radius 1 is 1.27 bits per heavy atom. The van der Waals surface area contributed by atoms with Gasteiger partial charge in [-0.1, -0.05) is 0 Å². The van der Waals surface area contributed by atoms with E-state index in [1.54, 1.807) is 6.07 Å². The van der Waals surface area contributed by atoms with E-state index in [4.69, 9.17) is 9.47 Å². The van der Waals surface area contributed by atoms with Gasteiger partial charge in [-0.15, -0.1) is 0 Å². The normalized spacial score (nSPS) is 10.3. The Bertz CT molecular complexity index is 721. The number of non-ortho nitro benzene ring substituents is 1. The summed E-state index contributed by atoms with van der Waals surface area (Å²) in [5, 5.41) is 10.7. The van der Waals surface area contributed by atoms with Crippen molar-refractivity contribution in [3.05, 3.63) is 51.3 Å². The Kier molecular flexibility index (Phi) is 4.45. The minimum atomic E-state index is -0.524. The molecule has 0 aliphatic rings. The van der Waals surface area contributed by atoms with Crippen LogP contribution in [0.5, 0.6) is 11.5 Å². The van der Waals surface area contributed by atoms with Crippen LogP contribution < -0.4 is 9.47 Å². The van der Waals surface area contributed by atoms with Gasteiger partial charge in [0.25, 0.3) is 5.69 Å². The van der Waals surface area contributed by atoms with E-state index in [0.717, 1.165) is 11.4 Å². The first-order chi connectivity index (χ1) is 10.4. The van der Waals surface area contributed by atoms with Crippen LogP contribution in [0, 0.1) is 24.0 Å². The lowest BCUT2D eigenvalue weighted by Gasteiger charge is -2.09. The van der Waals surface area contributed by atoms with Gasteiger partial charge in [0.1, 0.15) is 0 Å². The number of ketones is 1. The smallest absolute Gasteiger partial charge is 0.273 e. The SMILES string of the molecule is COc1cc([N+](=O)[O-])ccc1OCC(=O)c1cc(C)[nH]c1C. The number of carbonyl (C=O) groups is 1. The molecule has 7 nitrogen and oxygen atoms in total. The quantitative estimate of drug-likeness (QED) is 0.503. The molecule has 0 aliphatic heterocycles. The average molecular weight is 304 g/mol. The highest BCUT2D eigenvalue weighted by molar-refractivity contribution is 5.98. The first-order valence-corrected chi connectivity index (χ1v) is 6.57. The lowest BCUT2D eigenvalue weighted by Crippen LogP contribution is -2.12. The molecule has 0 amide bonds. The number of ether oxygens (including phenoxy) is 2. The number of hydrogen-bond acceptors (Lipinski definition) is 5. The number of nitro benzene ring substituents is 1. The van der Waals surface area contributed by atoms with Crippen LogP contribution in [0.25, 0.3) is 0 Å². The summed E-state index contributed by atoms with van der Waals surface area (Å²) in [6, 6.07) is 5.73. The molecule has 0 aliphatic carbocycles. The number of aryl methyl sites for hydroxylation is 2. The van der Waals surface area contributed by atoms with E-state index in [-0.39, 0.29) is 29.6 Å². The number of aromatic nitrogens is 1. The van der Waals surface area contributed by atoms with Crippen molar-refractivity contribution in [2.75, 3.05) is 13.7 Å². The molecule has 2 rings (SSSR count). The molecule has 0 saturated carbocycles. The number of aromatic amines is 1. The van der Waals surface area contributed by atoms with E-state index in [1.165, 1.54) is 25.3 Å². The highest BCUT2D eigenvalue weighted by Gasteiger charge is 2.16. The lowest BCUT2D eigenvalue weighted by molar-refractivity contribution is -0.384. The number of Topliss-reactive ketones (excluding diaryl/α,β-unsaturated/α-hetero) is 1. The zero-order chi connectivity index (χ0) is 16.3. The molecule has 0 atom stereocenters. The average Bonchev–Trinajstić information content (AvgIpc) is 2.83. The largest absolute Gasteiger partial charge is 0.493 e. The van der Waals surface area contributed by atoms with Crippen LogP contribution >= 0.6 is 0 Å². The summed E-state index contributed by atoms with van der Waals surface area (Å²) in [5.74, 6) is 0.317. The number of rotatable bonds is 6. The van der Waals surface area contributed by atoms with E-state index in [1.807, 2.05) is 13.8 Å². The molecule has 1 heterocycles. The Hall–Kier alpha value is -2.83. The Morgan fingerprint density at radius 2 is 2.00 bits per heavy atom. The van der Waals surface area contributed by atoms with Gasteiger partial charge in [0, 0.05) is 23.0 Å². The van der Waals surface area contributed by atoms with Gasteiger partial charge in [-0.25, -0.2) is 0 Å². The van der Waals surface area contributed by atoms with Crippen LogP contribution in [-0.4, -0.2) is 29.4 Å². The van der Waals surface area contributed by atoms with Gasteiger partial charge >= 0.3 is 0 Å². The molecule has 1 N–H and O–H groups in total. The highest BCUT2D eigenvalue weighted by atomic mass is 16.6. The second-order valence-electron chi connectivity index (χ2n) is 4.80. The molecule has 2 aromatic rings. The molecule has 0 unspecified atom stereocenters. The molecule has 0 bridgehead atoms. The molecule has 0 spiro atoms. The molecule has 116 valence electrons. The molecule has 0 radical (unpaired) electrons. The van der Waals surface area contributed by atoms with Gasteiger partial charge in [-0.3, -0.25) is 14.9 Å². The summed E-state index contributed by atoms with van der Waals surface area (Å²) >= 11 is 0. The van der Waals surface area contributed by atoms with Crippen molar-refractivity contribution >= 4 is 11.5 Å². The lowest BCUT2D eigenvalue weighted by atomic mass is 10.1. The van der Waals surface area contributed by atoms with Crippen molar-refractivity contribution in [3.63, 3.8) is 0 Å². The van der Waals surface area contributed by atoms with E-state index >= 15 is 0 Å². The standard InChI is InChI=1S/C15H16N2O5/c1-9-6-12(10(2)16-9)13(18)8-22-14-5-4-11(17(19)20)7-15(14)21-3/h4-7,16H,8H2,1-3H3. The molecular formula is C15H16N2O5. The number of H-pyrrole nitrogens is 1. The highest BCUT2D eigenvalue weighted by Crippen LogP contribution is 2.31. The summed E-state index contributed by atoms with van der Waals surface area (Å²) in [4.78, 5) is 25.4. The Labute approximate surface area is 127 Å². The monoisotopic (exact) mass is 304 g/mol. The van der Waals surface area contributed by atoms with Gasteiger partial charge in [-0.2, -0.15) is 0 Å². The number of nitrogens with one attached hydrogen (secondary N) is 1. The minimum Gasteiger partial charge on any atom is -0.493 e. The predicted molar refractivity (Wildman–Crippen MR) is 79.7 cm³/mol. The number of hydrogen-bond donors (Lipinski definition) is 1. The zero-order valence-electron chi connectivity index (χ0n) is 12.5. The van der Waals surface area contributed by atoms with Gasteiger partial charge in [0.15, 0.2) is 18.1 Å². The van der Waals surface area contributed by atoms with Crippen LogP contribution in [0.3, 0.4) is 0 Å². The van der Waals surface area contributed by atoms with E-state index in [2.05, 4.69) is 4.98 Å². The fourth-order valence-electron chi connectivity index (χ4n) is 2.12. The van der Waals surface area contributed by atoms with Crippen LogP contribution in [0.1, 0.15) is 21.7 Å².